The van der Waals surface area contributed by atoms with E-state index in [9.17, 15) is 28.0 Å². The van der Waals surface area contributed by atoms with E-state index in [4.69, 9.17) is 4.98 Å². The van der Waals surface area contributed by atoms with E-state index in [2.05, 4.69) is 26.3 Å². The van der Waals surface area contributed by atoms with Crippen LogP contribution >= 0.6 is 0 Å². The molecule has 4 amide bonds. The third-order valence-electron chi connectivity index (χ3n) is 12.5. The Labute approximate surface area is 346 Å². The molecule has 0 bridgehead atoms. The van der Waals surface area contributed by atoms with Crippen molar-refractivity contribution < 1.29 is 36.7 Å². The Morgan fingerprint density at radius 1 is 0.817 bits per heavy atom. The number of imidazole rings is 1. The molecule has 8 atom stereocenters. The van der Waals surface area contributed by atoms with Gasteiger partial charge in [0.05, 0.1) is 47.9 Å². The molecular formula is C43H55F4N9O4. The molecule has 5 N–H and O–H groups in total. The van der Waals surface area contributed by atoms with Crippen LogP contribution < -0.4 is 21.3 Å². The molecule has 4 aromatic rings. The highest BCUT2D eigenvalue weighted by atomic mass is 19.1. The molecule has 4 heterocycles. The number of halogens is 4. The molecule has 1 aliphatic carbocycles. The van der Waals surface area contributed by atoms with Crippen molar-refractivity contribution in [2.45, 2.75) is 115 Å². The van der Waals surface area contributed by atoms with Crippen LogP contribution in [0.3, 0.4) is 0 Å². The lowest BCUT2D eigenvalue weighted by Crippen LogP contribution is -2.55. The number of benzene rings is 2. The largest absolute Gasteiger partial charge is 0.352 e. The number of likely N-dealkylation sites (tertiary alicyclic amines) is 2. The minimum absolute atomic E-state index is 0.00860. The van der Waals surface area contributed by atoms with Crippen LogP contribution in [0.5, 0.6) is 0 Å². The summed E-state index contributed by atoms with van der Waals surface area (Å²) in [6, 6.07) is 4.14. The maximum atomic E-state index is 15.5. The Morgan fingerprint density at radius 2 is 1.42 bits per heavy atom. The standard InChI is InChI=1S/C43H55F4N9O4/c1-21(2)36(52-40(57)22(3)48-5)42(59)55-19-28(47)14-30(55)20-56-35-12-10-26(45)16-34(35)51-39(56)38-32(31-11-9-25(44)15-33(31)50-38)17-29-13-27(46)18-54(29)43(60)37(24-7-8-24)53-41(58)23(4)49-6/h9-12,15-16,21-24,27-30,36-37,48-50H,7-8,13-14,17-20H2,1-6H3,(H,52,57)(H,53,58)/t22-,23-,27-,28-,29-,30-,36-,37?/m0/s1. The van der Waals surface area contributed by atoms with Gasteiger partial charge < -0.3 is 40.6 Å². The second-order valence-corrected chi connectivity index (χ2v) is 17.1. The van der Waals surface area contributed by atoms with Crippen molar-refractivity contribution >= 4 is 45.6 Å². The maximum Gasteiger partial charge on any atom is 0.245 e. The molecule has 3 aliphatic rings. The van der Waals surface area contributed by atoms with Gasteiger partial charge in [-0.25, -0.2) is 22.5 Å². The highest BCUT2D eigenvalue weighted by molar-refractivity contribution is 5.93. The first-order chi connectivity index (χ1) is 28.6. The number of carbonyl (C=O) groups excluding carboxylic acids is 4. The molecule has 1 saturated carbocycles. The molecule has 17 heteroatoms. The Morgan fingerprint density at radius 3 is 2.05 bits per heavy atom. The number of H-pyrrole nitrogens is 1. The van der Waals surface area contributed by atoms with Crippen LogP contribution in [-0.4, -0.2) is 124 Å². The van der Waals surface area contributed by atoms with Crippen LogP contribution in [0.15, 0.2) is 36.4 Å². The van der Waals surface area contributed by atoms with Gasteiger partial charge in [0.2, 0.25) is 23.6 Å². The molecule has 60 heavy (non-hydrogen) atoms. The predicted molar refractivity (Wildman–Crippen MR) is 219 cm³/mol. The summed E-state index contributed by atoms with van der Waals surface area (Å²) in [7, 11) is 3.28. The lowest BCUT2D eigenvalue weighted by Gasteiger charge is -2.32. The molecule has 7 rings (SSSR count). The number of alkyl halides is 2. The number of likely N-dealkylation sites (N-methyl/N-ethyl adjacent to an activating group) is 2. The predicted octanol–water partition coefficient (Wildman–Crippen LogP) is 4.13. The van der Waals surface area contributed by atoms with Gasteiger partial charge in [0.25, 0.3) is 0 Å². The molecule has 3 fully saturated rings. The van der Waals surface area contributed by atoms with Crippen LogP contribution in [0.4, 0.5) is 17.6 Å². The average Bonchev–Trinajstić information content (AvgIpc) is 3.58. The number of aromatic nitrogens is 3. The van der Waals surface area contributed by atoms with Crippen LogP contribution in [0, 0.1) is 23.5 Å². The van der Waals surface area contributed by atoms with Gasteiger partial charge in [-0.1, -0.05) is 13.8 Å². The van der Waals surface area contributed by atoms with Gasteiger partial charge in [0, 0.05) is 42.4 Å². The molecule has 2 saturated heterocycles. The average molecular weight is 838 g/mol. The van der Waals surface area contributed by atoms with Crippen molar-refractivity contribution in [2.24, 2.45) is 11.8 Å². The summed E-state index contributed by atoms with van der Waals surface area (Å²) < 4.78 is 62.3. The number of fused-ring (bicyclic) bond motifs is 2. The number of hydrogen-bond donors (Lipinski definition) is 5. The third-order valence-corrected chi connectivity index (χ3v) is 12.5. The van der Waals surface area contributed by atoms with E-state index >= 15 is 8.78 Å². The monoisotopic (exact) mass is 837 g/mol. The fraction of sp³-hybridized carbons (Fsp3) is 0.558. The molecule has 1 unspecified atom stereocenters. The van der Waals surface area contributed by atoms with Gasteiger partial charge in [-0.3, -0.25) is 19.2 Å². The van der Waals surface area contributed by atoms with E-state index in [1.807, 2.05) is 0 Å². The first-order valence-corrected chi connectivity index (χ1v) is 20.9. The Bertz CT molecular complexity index is 2110. The Hall–Kier alpha value is -5.03. The first-order valence-electron chi connectivity index (χ1n) is 20.9. The number of rotatable bonds is 15. The highest BCUT2D eigenvalue weighted by Gasteiger charge is 2.45. The summed E-state index contributed by atoms with van der Waals surface area (Å²) in [6.07, 6.45) is -1.03. The van der Waals surface area contributed by atoms with Crippen molar-refractivity contribution in [2.75, 3.05) is 27.2 Å². The van der Waals surface area contributed by atoms with Gasteiger partial charge in [0.15, 0.2) is 5.82 Å². The minimum Gasteiger partial charge on any atom is -0.352 e. The summed E-state index contributed by atoms with van der Waals surface area (Å²) in [5.74, 6) is -2.63. The van der Waals surface area contributed by atoms with Crippen LogP contribution in [0.25, 0.3) is 33.5 Å². The van der Waals surface area contributed by atoms with Gasteiger partial charge in [-0.05, 0) is 94.9 Å². The summed E-state index contributed by atoms with van der Waals surface area (Å²) in [4.78, 5) is 65.5. The lowest BCUT2D eigenvalue weighted by molar-refractivity contribution is -0.139. The fourth-order valence-corrected chi connectivity index (χ4v) is 8.68. The summed E-state index contributed by atoms with van der Waals surface area (Å²) >= 11 is 0. The summed E-state index contributed by atoms with van der Waals surface area (Å²) in [6.45, 7) is 6.65. The van der Waals surface area contributed by atoms with E-state index in [1.165, 1.54) is 34.1 Å². The quantitative estimate of drug-likeness (QED) is 0.113. The minimum atomic E-state index is -1.36. The Kier molecular flexibility index (Phi) is 12.6. The fourth-order valence-electron chi connectivity index (χ4n) is 8.68. The second-order valence-electron chi connectivity index (χ2n) is 17.1. The molecule has 0 spiro atoms. The van der Waals surface area contributed by atoms with Crippen molar-refractivity contribution in [3.8, 4) is 11.5 Å². The molecular weight excluding hydrogens is 783 g/mol. The second kappa shape index (κ2) is 17.5. The summed E-state index contributed by atoms with van der Waals surface area (Å²) in [5.41, 5.74) is 2.21. The zero-order valence-corrected chi connectivity index (χ0v) is 34.8. The molecule has 324 valence electrons. The smallest absolute Gasteiger partial charge is 0.245 e. The van der Waals surface area contributed by atoms with Crippen molar-refractivity contribution in [3.63, 3.8) is 0 Å². The van der Waals surface area contributed by atoms with E-state index in [0.717, 1.165) is 12.8 Å². The third kappa shape index (κ3) is 8.74. The number of aromatic amines is 1. The zero-order chi connectivity index (χ0) is 43.2. The van der Waals surface area contributed by atoms with E-state index < -0.39 is 66.1 Å². The normalized spacial score (nSPS) is 22.7. The zero-order valence-electron chi connectivity index (χ0n) is 34.8. The maximum absolute atomic E-state index is 15.5. The van der Waals surface area contributed by atoms with Gasteiger partial charge in [0.1, 0.15) is 36.1 Å². The van der Waals surface area contributed by atoms with Crippen molar-refractivity contribution in [1.82, 2.24) is 45.6 Å². The number of nitrogens with zero attached hydrogens (tertiary/aromatic N) is 4. The van der Waals surface area contributed by atoms with Crippen LogP contribution in [0.2, 0.25) is 0 Å². The van der Waals surface area contributed by atoms with E-state index in [-0.39, 0.29) is 74.0 Å². The summed E-state index contributed by atoms with van der Waals surface area (Å²) in [5, 5.41) is 12.1. The Balaban J connectivity index is 1.27. The molecule has 13 nitrogen and oxygen atoms in total. The van der Waals surface area contributed by atoms with Crippen LogP contribution in [0.1, 0.15) is 58.9 Å². The molecule has 2 aromatic carbocycles. The number of hydrogen-bond acceptors (Lipinski definition) is 7. The number of nitrogens with one attached hydrogen (secondary N) is 5. The molecule has 2 aliphatic heterocycles. The van der Waals surface area contributed by atoms with Gasteiger partial charge in [-0.2, -0.15) is 0 Å². The SMILES string of the molecule is CN[C@@H](C)C(=O)NC(C(=O)N1C[C@@H](F)C[C@H]1Cc1c(-c2nc3cc(F)ccc3n2C[C@@H]2C[C@H](F)CN2C(=O)[C@@H](NC(=O)[C@H](C)NC)C(C)C)[nH]c2cc(F)ccc12)C1CC1. The highest BCUT2D eigenvalue weighted by Crippen LogP contribution is 2.39. The first kappa shape index (κ1) is 43.1. The molecule has 0 radical (unpaired) electrons. The van der Waals surface area contributed by atoms with E-state index in [1.54, 1.807) is 58.5 Å². The van der Waals surface area contributed by atoms with E-state index in [0.29, 0.717) is 33.5 Å². The van der Waals surface area contributed by atoms with Gasteiger partial charge >= 0.3 is 0 Å². The van der Waals surface area contributed by atoms with Crippen molar-refractivity contribution in [1.29, 1.82) is 0 Å². The number of amides is 4. The van der Waals surface area contributed by atoms with Crippen molar-refractivity contribution in [3.05, 3.63) is 53.6 Å². The van der Waals surface area contributed by atoms with Gasteiger partial charge in [-0.15, -0.1) is 0 Å². The number of carbonyl (C=O) groups is 4. The topological polar surface area (TPSA) is 156 Å². The lowest BCUT2D eigenvalue weighted by atomic mass is 9.99. The molecule has 2 aromatic heterocycles. The van der Waals surface area contributed by atoms with Crippen LogP contribution in [-0.2, 0) is 32.1 Å².